The fourth-order valence-electron chi connectivity index (χ4n) is 2.15. The van der Waals surface area contributed by atoms with Crippen molar-refractivity contribution < 1.29 is 13.7 Å². The van der Waals surface area contributed by atoms with E-state index in [1.54, 1.807) is 12.1 Å². The van der Waals surface area contributed by atoms with E-state index < -0.39 is 0 Å². The third-order valence-electron chi connectivity index (χ3n) is 3.47. The Morgan fingerprint density at radius 2 is 1.83 bits per heavy atom. The summed E-state index contributed by atoms with van der Waals surface area (Å²) in [7, 11) is 0. The molecular formula is C18H16FN3O2. The zero-order chi connectivity index (χ0) is 16.9. The van der Waals surface area contributed by atoms with E-state index in [9.17, 15) is 9.18 Å². The van der Waals surface area contributed by atoms with E-state index in [4.69, 9.17) is 4.52 Å². The molecule has 1 heterocycles. The molecule has 0 bridgehead atoms. The van der Waals surface area contributed by atoms with Gasteiger partial charge in [0.1, 0.15) is 5.82 Å². The number of aryl methyl sites for hydroxylation is 2. The predicted octanol–water partition coefficient (Wildman–Crippen LogP) is 3.76. The van der Waals surface area contributed by atoms with Crippen molar-refractivity contribution >= 4 is 11.6 Å². The Morgan fingerprint density at radius 3 is 2.54 bits per heavy atom. The average molecular weight is 325 g/mol. The lowest BCUT2D eigenvalue weighted by molar-refractivity contribution is -0.116. The second kappa shape index (κ2) is 7.04. The van der Waals surface area contributed by atoms with E-state index >= 15 is 0 Å². The van der Waals surface area contributed by atoms with Gasteiger partial charge in [0.05, 0.1) is 0 Å². The topological polar surface area (TPSA) is 68.0 Å². The van der Waals surface area contributed by atoms with Gasteiger partial charge in [0, 0.05) is 24.1 Å². The molecule has 0 saturated heterocycles. The SMILES string of the molecule is Cc1ccc(NC(=O)CCc2nc(-c3ccc(F)cc3)no2)cc1. The van der Waals surface area contributed by atoms with Crippen LogP contribution in [0.2, 0.25) is 0 Å². The molecule has 0 aliphatic rings. The van der Waals surface area contributed by atoms with E-state index in [-0.39, 0.29) is 18.1 Å². The van der Waals surface area contributed by atoms with Crippen molar-refractivity contribution in [1.82, 2.24) is 10.1 Å². The third-order valence-corrected chi connectivity index (χ3v) is 3.47. The fourth-order valence-corrected chi connectivity index (χ4v) is 2.15. The van der Waals surface area contributed by atoms with Gasteiger partial charge in [-0.3, -0.25) is 4.79 Å². The number of rotatable bonds is 5. The Morgan fingerprint density at radius 1 is 1.12 bits per heavy atom. The van der Waals surface area contributed by atoms with Crippen LogP contribution in [-0.2, 0) is 11.2 Å². The first-order chi connectivity index (χ1) is 11.6. The van der Waals surface area contributed by atoms with Crippen molar-refractivity contribution in [2.24, 2.45) is 0 Å². The maximum absolute atomic E-state index is 12.9. The Bertz CT molecular complexity index is 826. The normalized spacial score (nSPS) is 10.6. The standard InChI is InChI=1S/C18H16FN3O2/c1-12-2-8-15(9-3-12)20-16(23)10-11-17-21-18(22-24-17)13-4-6-14(19)7-5-13/h2-9H,10-11H2,1H3,(H,20,23). The minimum absolute atomic E-state index is 0.125. The summed E-state index contributed by atoms with van der Waals surface area (Å²) in [5.74, 6) is 0.299. The lowest BCUT2D eigenvalue weighted by atomic mass is 10.2. The van der Waals surface area contributed by atoms with Crippen LogP contribution in [-0.4, -0.2) is 16.0 Å². The summed E-state index contributed by atoms with van der Waals surface area (Å²) in [5.41, 5.74) is 2.55. The highest BCUT2D eigenvalue weighted by molar-refractivity contribution is 5.90. The monoisotopic (exact) mass is 325 g/mol. The summed E-state index contributed by atoms with van der Waals surface area (Å²) in [5, 5.41) is 6.66. The van der Waals surface area contributed by atoms with Crippen LogP contribution in [0.25, 0.3) is 11.4 Å². The van der Waals surface area contributed by atoms with Crippen LogP contribution in [0.5, 0.6) is 0 Å². The van der Waals surface area contributed by atoms with E-state index in [0.717, 1.165) is 11.3 Å². The molecule has 5 nitrogen and oxygen atoms in total. The number of aromatic nitrogens is 2. The predicted molar refractivity (Wildman–Crippen MR) is 87.8 cm³/mol. The second-order valence-corrected chi connectivity index (χ2v) is 5.43. The molecule has 1 amide bonds. The average Bonchev–Trinajstić information content (AvgIpc) is 3.05. The van der Waals surface area contributed by atoms with Crippen molar-refractivity contribution in [3.8, 4) is 11.4 Å². The van der Waals surface area contributed by atoms with Crippen molar-refractivity contribution in [2.45, 2.75) is 19.8 Å². The Balaban J connectivity index is 1.56. The van der Waals surface area contributed by atoms with Gasteiger partial charge in [-0.15, -0.1) is 0 Å². The Hall–Kier alpha value is -3.02. The molecule has 0 radical (unpaired) electrons. The number of amides is 1. The quantitative estimate of drug-likeness (QED) is 0.775. The number of hydrogen-bond donors (Lipinski definition) is 1. The van der Waals surface area contributed by atoms with Crippen LogP contribution in [0, 0.1) is 12.7 Å². The molecule has 0 spiro atoms. The summed E-state index contributed by atoms with van der Waals surface area (Å²) in [6, 6.07) is 13.4. The lowest BCUT2D eigenvalue weighted by Gasteiger charge is -2.04. The van der Waals surface area contributed by atoms with Crippen molar-refractivity contribution in [3.05, 3.63) is 65.8 Å². The molecule has 0 aliphatic carbocycles. The minimum atomic E-state index is -0.324. The number of hydrogen-bond acceptors (Lipinski definition) is 4. The second-order valence-electron chi connectivity index (χ2n) is 5.43. The summed E-state index contributed by atoms with van der Waals surface area (Å²) >= 11 is 0. The fraction of sp³-hybridized carbons (Fsp3) is 0.167. The largest absolute Gasteiger partial charge is 0.339 e. The van der Waals surface area contributed by atoms with Gasteiger partial charge in [-0.1, -0.05) is 22.9 Å². The van der Waals surface area contributed by atoms with E-state index in [0.29, 0.717) is 23.7 Å². The maximum Gasteiger partial charge on any atom is 0.227 e. The number of carbonyl (C=O) groups excluding carboxylic acids is 1. The van der Waals surface area contributed by atoms with Gasteiger partial charge in [-0.2, -0.15) is 4.98 Å². The first kappa shape index (κ1) is 15.9. The molecule has 2 aromatic carbocycles. The van der Waals surface area contributed by atoms with E-state index in [2.05, 4.69) is 15.5 Å². The van der Waals surface area contributed by atoms with Crippen molar-refractivity contribution in [3.63, 3.8) is 0 Å². The highest BCUT2D eigenvalue weighted by Crippen LogP contribution is 2.17. The number of anilines is 1. The molecule has 6 heteroatoms. The molecule has 0 saturated carbocycles. The molecule has 0 aliphatic heterocycles. The molecule has 122 valence electrons. The van der Waals surface area contributed by atoms with Crippen LogP contribution in [0.15, 0.2) is 53.1 Å². The molecule has 0 fully saturated rings. The molecule has 3 aromatic rings. The van der Waals surface area contributed by atoms with Crippen molar-refractivity contribution in [1.29, 1.82) is 0 Å². The Labute approximate surface area is 138 Å². The van der Waals surface area contributed by atoms with Gasteiger partial charge in [0.25, 0.3) is 0 Å². The third kappa shape index (κ3) is 4.04. The lowest BCUT2D eigenvalue weighted by Crippen LogP contribution is -2.12. The number of nitrogens with zero attached hydrogens (tertiary/aromatic N) is 2. The van der Waals surface area contributed by atoms with Crippen LogP contribution >= 0.6 is 0 Å². The van der Waals surface area contributed by atoms with E-state index in [1.807, 2.05) is 31.2 Å². The highest BCUT2D eigenvalue weighted by atomic mass is 19.1. The van der Waals surface area contributed by atoms with Crippen LogP contribution in [0.3, 0.4) is 0 Å². The summed E-state index contributed by atoms with van der Waals surface area (Å²) in [4.78, 5) is 16.2. The number of halogens is 1. The van der Waals surface area contributed by atoms with Crippen LogP contribution < -0.4 is 5.32 Å². The molecule has 1 aromatic heterocycles. The summed E-state index contributed by atoms with van der Waals surface area (Å²) in [6.45, 7) is 1.99. The van der Waals surface area contributed by atoms with Crippen LogP contribution in [0.1, 0.15) is 17.9 Å². The first-order valence-electron chi connectivity index (χ1n) is 7.55. The number of benzene rings is 2. The van der Waals surface area contributed by atoms with Gasteiger partial charge >= 0.3 is 0 Å². The van der Waals surface area contributed by atoms with Gasteiger partial charge in [0.15, 0.2) is 0 Å². The molecule has 3 rings (SSSR count). The zero-order valence-electron chi connectivity index (χ0n) is 13.1. The minimum Gasteiger partial charge on any atom is -0.339 e. The van der Waals surface area contributed by atoms with Crippen molar-refractivity contribution in [2.75, 3.05) is 5.32 Å². The van der Waals surface area contributed by atoms with E-state index in [1.165, 1.54) is 12.1 Å². The van der Waals surface area contributed by atoms with Gasteiger partial charge < -0.3 is 9.84 Å². The van der Waals surface area contributed by atoms with Crippen LogP contribution in [0.4, 0.5) is 10.1 Å². The van der Waals surface area contributed by atoms with Gasteiger partial charge in [0.2, 0.25) is 17.6 Å². The summed E-state index contributed by atoms with van der Waals surface area (Å²) in [6.07, 6.45) is 0.574. The number of carbonyl (C=O) groups is 1. The molecule has 24 heavy (non-hydrogen) atoms. The zero-order valence-corrected chi connectivity index (χ0v) is 13.1. The highest BCUT2D eigenvalue weighted by Gasteiger charge is 2.11. The molecule has 1 N–H and O–H groups in total. The van der Waals surface area contributed by atoms with Gasteiger partial charge in [-0.25, -0.2) is 4.39 Å². The first-order valence-corrected chi connectivity index (χ1v) is 7.55. The molecule has 0 atom stereocenters. The van der Waals surface area contributed by atoms with Gasteiger partial charge in [-0.05, 0) is 43.3 Å². The smallest absolute Gasteiger partial charge is 0.227 e. The molecule has 0 unspecified atom stereocenters. The number of nitrogens with one attached hydrogen (secondary N) is 1. The molecular weight excluding hydrogens is 309 g/mol. The summed E-state index contributed by atoms with van der Waals surface area (Å²) < 4.78 is 18.0. The Kier molecular flexibility index (Phi) is 4.65. The maximum atomic E-state index is 12.9.